The fourth-order valence-corrected chi connectivity index (χ4v) is 2.89. The average Bonchev–Trinajstić information content (AvgIpc) is 3.19. The predicted molar refractivity (Wildman–Crippen MR) is 73.2 cm³/mol. The van der Waals surface area contributed by atoms with Crippen LogP contribution >= 0.6 is 0 Å². The Labute approximate surface area is 110 Å². The summed E-state index contributed by atoms with van der Waals surface area (Å²) in [5.41, 5.74) is 5.86. The molecule has 0 aliphatic heterocycles. The zero-order valence-electron chi connectivity index (χ0n) is 11.5. The maximum absolute atomic E-state index is 12.0. The SMILES string of the molecule is CCN(CCNC(=O)C1CCC(N)CC1)C1CC1. The Morgan fingerprint density at radius 2 is 1.89 bits per heavy atom. The van der Waals surface area contributed by atoms with E-state index in [1.807, 2.05) is 0 Å². The van der Waals surface area contributed by atoms with Crippen molar-refractivity contribution in [3.8, 4) is 0 Å². The van der Waals surface area contributed by atoms with Crippen LogP contribution in [0.25, 0.3) is 0 Å². The van der Waals surface area contributed by atoms with Crippen molar-refractivity contribution >= 4 is 5.91 Å². The molecular formula is C14H27N3O. The van der Waals surface area contributed by atoms with Gasteiger partial charge in [0.05, 0.1) is 0 Å². The van der Waals surface area contributed by atoms with E-state index < -0.39 is 0 Å². The first-order valence-electron chi connectivity index (χ1n) is 7.48. The van der Waals surface area contributed by atoms with E-state index in [0.717, 1.165) is 51.4 Å². The monoisotopic (exact) mass is 253 g/mol. The summed E-state index contributed by atoms with van der Waals surface area (Å²) in [5.74, 6) is 0.453. The second-order valence-electron chi connectivity index (χ2n) is 5.76. The van der Waals surface area contributed by atoms with E-state index in [1.54, 1.807) is 0 Å². The quantitative estimate of drug-likeness (QED) is 0.745. The fraction of sp³-hybridized carbons (Fsp3) is 0.929. The number of carbonyl (C=O) groups excluding carboxylic acids is 1. The van der Waals surface area contributed by atoms with E-state index in [0.29, 0.717) is 6.04 Å². The molecule has 2 rings (SSSR count). The smallest absolute Gasteiger partial charge is 0.223 e. The van der Waals surface area contributed by atoms with Crippen LogP contribution in [0.2, 0.25) is 0 Å². The molecule has 2 saturated carbocycles. The zero-order chi connectivity index (χ0) is 13.0. The molecule has 0 aromatic rings. The molecule has 18 heavy (non-hydrogen) atoms. The van der Waals surface area contributed by atoms with Crippen molar-refractivity contribution in [2.24, 2.45) is 11.7 Å². The van der Waals surface area contributed by atoms with Gasteiger partial charge < -0.3 is 11.1 Å². The number of nitrogens with one attached hydrogen (secondary N) is 1. The number of nitrogens with zero attached hydrogens (tertiary/aromatic N) is 1. The summed E-state index contributed by atoms with van der Waals surface area (Å²) in [4.78, 5) is 14.5. The Bertz CT molecular complexity index is 270. The molecule has 0 aromatic carbocycles. The minimum Gasteiger partial charge on any atom is -0.355 e. The van der Waals surface area contributed by atoms with Gasteiger partial charge in [-0.15, -0.1) is 0 Å². The van der Waals surface area contributed by atoms with Crippen LogP contribution in [0.5, 0.6) is 0 Å². The lowest BCUT2D eigenvalue weighted by Gasteiger charge is -2.26. The lowest BCUT2D eigenvalue weighted by atomic mass is 9.86. The summed E-state index contributed by atoms with van der Waals surface area (Å²) in [7, 11) is 0. The molecule has 4 heteroatoms. The Morgan fingerprint density at radius 3 is 2.44 bits per heavy atom. The number of likely N-dealkylation sites (N-methyl/N-ethyl adjacent to an activating group) is 1. The molecule has 0 heterocycles. The van der Waals surface area contributed by atoms with Crippen LogP contribution in [-0.2, 0) is 4.79 Å². The Morgan fingerprint density at radius 1 is 1.22 bits per heavy atom. The second-order valence-corrected chi connectivity index (χ2v) is 5.76. The van der Waals surface area contributed by atoms with E-state index in [1.165, 1.54) is 12.8 Å². The first-order valence-corrected chi connectivity index (χ1v) is 7.48. The molecule has 3 N–H and O–H groups in total. The number of hydrogen-bond acceptors (Lipinski definition) is 3. The van der Waals surface area contributed by atoms with Crippen molar-refractivity contribution in [3.05, 3.63) is 0 Å². The second kappa shape index (κ2) is 6.53. The summed E-state index contributed by atoms with van der Waals surface area (Å²) in [6, 6.07) is 1.11. The molecule has 0 bridgehead atoms. The topological polar surface area (TPSA) is 58.4 Å². The van der Waals surface area contributed by atoms with Gasteiger partial charge in [-0.05, 0) is 45.1 Å². The highest BCUT2D eigenvalue weighted by atomic mass is 16.1. The summed E-state index contributed by atoms with van der Waals surface area (Å²) in [6.07, 6.45) is 6.60. The fourth-order valence-electron chi connectivity index (χ4n) is 2.89. The molecule has 0 saturated heterocycles. The number of carbonyl (C=O) groups is 1. The Hall–Kier alpha value is -0.610. The molecule has 104 valence electrons. The third-order valence-corrected chi connectivity index (χ3v) is 4.31. The van der Waals surface area contributed by atoms with Gasteiger partial charge in [0, 0.05) is 31.1 Å². The van der Waals surface area contributed by atoms with Crippen LogP contribution in [0.3, 0.4) is 0 Å². The highest BCUT2D eigenvalue weighted by molar-refractivity contribution is 5.78. The lowest BCUT2D eigenvalue weighted by molar-refractivity contribution is -0.126. The predicted octanol–water partition coefficient (Wildman–Crippen LogP) is 1.10. The molecule has 0 atom stereocenters. The van der Waals surface area contributed by atoms with Crippen molar-refractivity contribution in [1.82, 2.24) is 10.2 Å². The average molecular weight is 253 g/mol. The number of amides is 1. The van der Waals surface area contributed by atoms with Crippen LogP contribution in [0.1, 0.15) is 45.4 Å². The molecule has 0 radical (unpaired) electrons. The lowest BCUT2D eigenvalue weighted by Crippen LogP contribution is -2.40. The third kappa shape index (κ3) is 3.95. The summed E-state index contributed by atoms with van der Waals surface area (Å²) in [5, 5.41) is 3.09. The van der Waals surface area contributed by atoms with Crippen molar-refractivity contribution in [3.63, 3.8) is 0 Å². The molecular weight excluding hydrogens is 226 g/mol. The van der Waals surface area contributed by atoms with E-state index in [9.17, 15) is 4.79 Å². The van der Waals surface area contributed by atoms with Crippen molar-refractivity contribution in [1.29, 1.82) is 0 Å². The number of nitrogens with two attached hydrogens (primary N) is 1. The van der Waals surface area contributed by atoms with Gasteiger partial charge in [-0.3, -0.25) is 9.69 Å². The Balaban J connectivity index is 1.62. The summed E-state index contributed by atoms with van der Waals surface area (Å²) < 4.78 is 0. The summed E-state index contributed by atoms with van der Waals surface area (Å²) >= 11 is 0. The van der Waals surface area contributed by atoms with Crippen molar-refractivity contribution < 1.29 is 4.79 Å². The molecule has 0 spiro atoms. The Kier molecular flexibility index (Phi) is 5.01. The maximum Gasteiger partial charge on any atom is 0.223 e. The zero-order valence-corrected chi connectivity index (χ0v) is 11.5. The van der Waals surface area contributed by atoms with Crippen LogP contribution in [0, 0.1) is 5.92 Å². The molecule has 2 fully saturated rings. The standard InChI is InChI=1S/C14H27N3O/c1-2-17(13-7-8-13)10-9-16-14(18)11-3-5-12(15)6-4-11/h11-13H,2-10,15H2,1H3,(H,16,18). The van der Waals surface area contributed by atoms with E-state index in [-0.39, 0.29) is 11.8 Å². The van der Waals surface area contributed by atoms with Gasteiger partial charge in [-0.25, -0.2) is 0 Å². The minimum atomic E-state index is 0.209. The van der Waals surface area contributed by atoms with Crippen LogP contribution in [-0.4, -0.2) is 42.5 Å². The van der Waals surface area contributed by atoms with Crippen molar-refractivity contribution in [2.75, 3.05) is 19.6 Å². The largest absolute Gasteiger partial charge is 0.355 e. The van der Waals surface area contributed by atoms with Crippen molar-refractivity contribution in [2.45, 2.75) is 57.5 Å². The first-order chi connectivity index (χ1) is 8.70. The first kappa shape index (κ1) is 13.8. The number of rotatable bonds is 6. The molecule has 2 aliphatic rings. The van der Waals surface area contributed by atoms with E-state index >= 15 is 0 Å². The van der Waals surface area contributed by atoms with E-state index in [2.05, 4.69) is 17.1 Å². The van der Waals surface area contributed by atoms with Crippen LogP contribution < -0.4 is 11.1 Å². The highest BCUT2D eigenvalue weighted by Crippen LogP contribution is 2.26. The van der Waals surface area contributed by atoms with Crippen LogP contribution in [0.4, 0.5) is 0 Å². The minimum absolute atomic E-state index is 0.209. The molecule has 0 aromatic heterocycles. The van der Waals surface area contributed by atoms with Gasteiger partial charge in [0.1, 0.15) is 0 Å². The van der Waals surface area contributed by atoms with Gasteiger partial charge in [0.25, 0.3) is 0 Å². The van der Waals surface area contributed by atoms with Gasteiger partial charge >= 0.3 is 0 Å². The van der Waals surface area contributed by atoms with Gasteiger partial charge in [-0.2, -0.15) is 0 Å². The molecule has 4 nitrogen and oxygen atoms in total. The molecule has 1 amide bonds. The number of hydrogen-bond donors (Lipinski definition) is 2. The molecule has 0 unspecified atom stereocenters. The normalized spacial score (nSPS) is 28.4. The van der Waals surface area contributed by atoms with Crippen LogP contribution in [0.15, 0.2) is 0 Å². The maximum atomic E-state index is 12.0. The van der Waals surface area contributed by atoms with Gasteiger partial charge in [0.15, 0.2) is 0 Å². The van der Waals surface area contributed by atoms with Gasteiger partial charge in [-0.1, -0.05) is 6.92 Å². The molecule has 2 aliphatic carbocycles. The van der Waals surface area contributed by atoms with Gasteiger partial charge in [0.2, 0.25) is 5.91 Å². The highest BCUT2D eigenvalue weighted by Gasteiger charge is 2.28. The third-order valence-electron chi connectivity index (χ3n) is 4.31. The summed E-state index contributed by atoms with van der Waals surface area (Å²) in [6.45, 7) is 5.09. The van der Waals surface area contributed by atoms with E-state index in [4.69, 9.17) is 5.73 Å².